The van der Waals surface area contributed by atoms with E-state index in [2.05, 4.69) is 10.5 Å². The molecule has 0 spiro atoms. The minimum atomic E-state index is -0.990. The molecule has 0 unspecified atom stereocenters. The Morgan fingerprint density at radius 3 is 2.32 bits per heavy atom. The van der Waals surface area contributed by atoms with E-state index < -0.39 is 11.9 Å². The van der Waals surface area contributed by atoms with Gasteiger partial charge in [0, 0.05) is 12.1 Å². The lowest BCUT2D eigenvalue weighted by atomic mass is 10.1. The van der Waals surface area contributed by atoms with Gasteiger partial charge in [-0.25, -0.2) is 0 Å². The number of nitrogens with one attached hydrogen (secondary N) is 1. The van der Waals surface area contributed by atoms with E-state index in [4.69, 9.17) is 10.3 Å². The molecule has 7 nitrogen and oxygen atoms in total. The van der Waals surface area contributed by atoms with Crippen molar-refractivity contribution in [3.8, 4) is 0 Å². The van der Waals surface area contributed by atoms with Crippen LogP contribution in [0.4, 0.5) is 5.69 Å². The summed E-state index contributed by atoms with van der Waals surface area (Å²) < 4.78 is 0. The van der Waals surface area contributed by atoms with Crippen molar-refractivity contribution in [3.05, 3.63) is 29.8 Å². The molecule has 0 aliphatic heterocycles. The number of anilines is 1. The summed E-state index contributed by atoms with van der Waals surface area (Å²) in [5.74, 6) is -1.76. The average molecular weight is 264 g/mol. The van der Waals surface area contributed by atoms with Crippen molar-refractivity contribution in [2.24, 2.45) is 5.16 Å². The van der Waals surface area contributed by atoms with E-state index in [1.807, 2.05) is 0 Å². The molecule has 19 heavy (non-hydrogen) atoms. The van der Waals surface area contributed by atoms with Gasteiger partial charge in [0.05, 0.1) is 12.1 Å². The molecule has 3 N–H and O–H groups in total. The molecule has 0 aromatic heterocycles. The third-order valence-electron chi connectivity index (χ3n) is 2.29. The van der Waals surface area contributed by atoms with Crippen LogP contribution >= 0.6 is 0 Å². The van der Waals surface area contributed by atoms with E-state index in [9.17, 15) is 14.4 Å². The third kappa shape index (κ3) is 4.58. The van der Waals surface area contributed by atoms with Crippen LogP contribution in [-0.2, 0) is 14.4 Å². The van der Waals surface area contributed by atoms with Crippen molar-refractivity contribution in [1.82, 2.24) is 0 Å². The zero-order valence-corrected chi connectivity index (χ0v) is 9.87. The highest BCUT2D eigenvalue weighted by molar-refractivity contribution is 6.29. The number of carbonyl (C=O) groups excluding carboxylic acids is 2. The van der Waals surface area contributed by atoms with E-state index in [0.29, 0.717) is 11.3 Å². The van der Waals surface area contributed by atoms with Crippen LogP contribution in [-0.4, -0.2) is 34.2 Å². The predicted molar refractivity (Wildman–Crippen MR) is 66.3 cm³/mol. The van der Waals surface area contributed by atoms with Crippen molar-refractivity contribution in [2.75, 3.05) is 5.32 Å². The van der Waals surface area contributed by atoms with Crippen LogP contribution in [0.3, 0.4) is 0 Å². The zero-order valence-electron chi connectivity index (χ0n) is 9.87. The van der Waals surface area contributed by atoms with Crippen LogP contribution in [0.25, 0.3) is 0 Å². The van der Waals surface area contributed by atoms with E-state index in [1.54, 1.807) is 12.1 Å². The fraction of sp³-hybridized carbons (Fsp3) is 0.167. The summed E-state index contributed by atoms with van der Waals surface area (Å²) in [4.78, 5) is 31.4. The molecule has 0 aliphatic carbocycles. The summed E-state index contributed by atoms with van der Waals surface area (Å²) in [7, 11) is 0. The molecule has 0 saturated heterocycles. The Kier molecular flexibility index (Phi) is 5.21. The van der Waals surface area contributed by atoms with Gasteiger partial charge in [0.2, 0.25) is 6.29 Å². The molecule has 1 amide bonds. The first-order chi connectivity index (χ1) is 9.06. The molecule has 0 fully saturated rings. The number of aldehydes is 1. The second-order valence-corrected chi connectivity index (χ2v) is 3.62. The molecule has 0 aliphatic rings. The summed E-state index contributed by atoms with van der Waals surface area (Å²) in [6, 6.07) is 6.14. The van der Waals surface area contributed by atoms with Crippen LogP contribution in [0.1, 0.15) is 18.4 Å². The SMILES string of the molecule is O=CC(=O)Nc1ccc(/C(CCC(=O)O)=N\O)cc1. The molecule has 0 atom stereocenters. The van der Waals surface area contributed by atoms with Gasteiger partial charge in [0.15, 0.2) is 0 Å². The van der Waals surface area contributed by atoms with Gasteiger partial charge < -0.3 is 15.6 Å². The summed E-state index contributed by atoms with van der Waals surface area (Å²) in [6.45, 7) is 0. The number of rotatable bonds is 6. The van der Waals surface area contributed by atoms with Crippen molar-refractivity contribution in [1.29, 1.82) is 0 Å². The number of carboxylic acids is 1. The topological polar surface area (TPSA) is 116 Å². The Balaban J connectivity index is 2.76. The lowest BCUT2D eigenvalue weighted by molar-refractivity contribution is -0.136. The van der Waals surface area contributed by atoms with Gasteiger partial charge in [-0.05, 0) is 17.7 Å². The maximum absolute atomic E-state index is 10.8. The van der Waals surface area contributed by atoms with Crippen LogP contribution in [0.2, 0.25) is 0 Å². The molecule has 1 aromatic rings. The maximum Gasteiger partial charge on any atom is 0.303 e. The Hall–Kier alpha value is -2.70. The lowest BCUT2D eigenvalue weighted by Crippen LogP contribution is -2.12. The van der Waals surface area contributed by atoms with Gasteiger partial charge in [-0.1, -0.05) is 17.3 Å². The van der Waals surface area contributed by atoms with E-state index in [0.717, 1.165) is 0 Å². The highest BCUT2D eigenvalue weighted by Gasteiger charge is 2.08. The molecule has 100 valence electrons. The summed E-state index contributed by atoms with van der Waals surface area (Å²) >= 11 is 0. The van der Waals surface area contributed by atoms with Gasteiger partial charge in [0.1, 0.15) is 0 Å². The molecular weight excluding hydrogens is 252 g/mol. The van der Waals surface area contributed by atoms with Crippen molar-refractivity contribution >= 4 is 29.6 Å². The molecule has 1 aromatic carbocycles. The molecule has 0 heterocycles. The fourth-order valence-corrected chi connectivity index (χ4v) is 1.40. The van der Waals surface area contributed by atoms with E-state index in [1.165, 1.54) is 12.1 Å². The predicted octanol–water partition coefficient (Wildman–Crippen LogP) is 0.867. The standard InChI is InChI=1S/C12H12N2O5/c15-7-11(16)13-9-3-1-8(2-4-9)10(14-19)5-6-12(17)18/h1-4,7,19H,5-6H2,(H,13,16)(H,17,18)/b14-10-. The lowest BCUT2D eigenvalue weighted by Gasteiger charge is -2.05. The van der Waals surface area contributed by atoms with Crippen LogP contribution < -0.4 is 5.32 Å². The largest absolute Gasteiger partial charge is 0.481 e. The third-order valence-corrected chi connectivity index (χ3v) is 2.29. The monoisotopic (exact) mass is 264 g/mol. The van der Waals surface area contributed by atoms with Crippen LogP contribution in [0.15, 0.2) is 29.4 Å². The average Bonchev–Trinajstić information content (AvgIpc) is 2.40. The molecule has 0 bridgehead atoms. The van der Waals surface area contributed by atoms with Gasteiger partial charge in [-0.15, -0.1) is 0 Å². The molecule has 7 heteroatoms. The first kappa shape index (κ1) is 14.4. The zero-order chi connectivity index (χ0) is 14.3. The van der Waals surface area contributed by atoms with Gasteiger partial charge in [-0.2, -0.15) is 0 Å². The van der Waals surface area contributed by atoms with E-state index >= 15 is 0 Å². The minimum Gasteiger partial charge on any atom is -0.481 e. The summed E-state index contributed by atoms with van der Waals surface area (Å²) in [5.41, 5.74) is 1.18. The van der Waals surface area contributed by atoms with Crippen LogP contribution in [0, 0.1) is 0 Å². The normalized spacial score (nSPS) is 10.8. The molecule has 1 rings (SSSR count). The second kappa shape index (κ2) is 6.90. The highest BCUT2D eigenvalue weighted by Crippen LogP contribution is 2.12. The summed E-state index contributed by atoms with van der Waals surface area (Å²) in [6.07, 6.45) is 0.0935. The Labute approximate surface area is 108 Å². The quantitative estimate of drug-likeness (QED) is 0.232. The first-order valence-corrected chi connectivity index (χ1v) is 5.36. The van der Waals surface area contributed by atoms with Crippen molar-refractivity contribution in [2.45, 2.75) is 12.8 Å². The van der Waals surface area contributed by atoms with Crippen LogP contribution in [0.5, 0.6) is 0 Å². The van der Waals surface area contributed by atoms with E-state index in [-0.39, 0.29) is 24.8 Å². The maximum atomic E-state index is 10.8. The number of hydrogen-bond acceptors (Lipinski definition) is 5. The number of oxime groups is 1. The van der Waals surface area contributed by atoms with Crippen molar-refractivity contribution in [3.63, 3.8) is 0 Å². The smallest absolute Gasteiger partial charge is 0.303 e. The van der Waals surface area contributed by atoms with Gasteiger partial charge in [-0.3, -0.25) is 14.4 Å². The number of amides is 1. The Morgan fingerprint density at radius 1 is 1.21 bits per heavy atom. The highest BCUT2D eigenvalue weighted by atomic mass is 16.4. The Bertz CT molecular complexity index is 507. The number of carbonyl (C=O) groups is 3. The number of benzene rings is 1. The molecular formula is C12H12N2O5. The number of carboxylic acid groups (broad SMARTS) is 1. The number of nitrogens with zero attached hydrogens (tertiary/aromatic N) is 1. The first-order valence-electron chi connectivity index (χ1n) is 5.36. The Morgan fingerprint density at radius 2 is 1.84 bits per heavy atom. The summed E-state index contributed by atoms with van der Waals surface area (Å²) in [5, 5.41) is 22.8. The second-order valence-electron chi connectivity index (χ2n) is 3.62. The minimum absolute atomic E-state index is 0.0892. The van der Waals surface area contributed by atoms with Crippen molar-refractivity contribution < 1.29 is 24.7 Å². The fourth-order valence-electron chi connectivity index (χ4n) is 1.40. The number of aliphatic carboxylic acids is 1. The molecule has 0 radical (unpaired) electrons. The number of hydrogen-bond donors (Lipinski definition) is 3. The molecule has 0 saturated carbocycles. The van der Waals surface area contributed by atoms with Gasteiger partial charge in [0.25, 0.3) is 5.91 Å². The van der Waals surface area contributed by atoms with Gasteiger partial charge >= 0.3 is 5.97 Å².